The van der Waals surface area contributed by atoms with Gasteiger partial charge in [-0.05, 0) is 38.3 Å². The topological polar surface area (TPSA) is 50.8 Å². The van der Waals surface area contributed by atoms with Crippen LogP contribution < -0.4 is 4.74 Å². The first-order chi connectivity index (χ1) is 10.5. The number of aromatic nitrogens is 2. The first kappa shape index (κ1) is 16.5. The smallest absolute Gasteiger partial charge is 0.388 e. The molecule has 0 N–H and O–H groups in total. The molecule has 0 radical (unpaired) electrons. The van der Waals surface area contributed by atoms with Crippen molar-refractivity contribution in [1.82, 2.24) is 9.78 Å². The van der Waals surface area contributed by atoms with Crippen molar-refractivity contribution in [2.45, 2.75) is 6.61 Å². The highest BCUT2D eigenvalue weighted by Crippen LogP contribution is 2.22. The average molecular weight is 435 g/mol. The molecule has 0 aliphatic heterocycles. The van der Waals surface area contributed by atoms with E-state index >= 15 is 0 Å². The molecule has 22 heavy (non-hydrogen) atoms. The standard InChI is InChI=1S/C13H5F3IN3OS/c14-10-3-8(6-18)4-11(5-10)20-7-9(1-2-22-17)12(19-20)21-13(15)16/h3-5,7,13H. The van der Waals surface area contributed by atoms with Crippen molar-refractivity contribution in [3.8, 4) is 28.8 Å². The van der Waals surface area contributed by atoms with Gasteiger partial charge in [0.25, 0.3) is 5.88 Å². The zero-order valence-electron chi connectivity index (χ0n) is 10.6. The molecule has 0 saturated carbocycles. The van der Waals surface area contributed by atoms with E-state index in [4.69, 9.17) is 5.26 Å². The molecule has 112 valence electrons. The molecule has 0 spiro atoms. The highest BCUT2D eigenvalue weighted by Gasteiger charge is 2.15. The van der Waals surface area contributed by atoms with E-state index in [9.17, 15) is 13.2 Å². The van der Waals surface area contributed by atoms with Crippen LogP contribution in [0.2, 0.25) is 0 Å². The summed E-state index contributed by atoms with van der Waals surface area (Å²) in [5, 5.41) is 15.3. The number of halogens is 4. The van der Waals surface area contributed by atoms with Gasteiger partial charge in [0, 0.05) is 21.2 Å². The average Bonchev–Trinajstić information content (AvgIpc) is 2.86. The van der Waals surface area contributed by atoms with Crippen LogP contribution in [0.3, 0.4) is 0 Å². The number of hydrogen-bond acceptors (Lipinski definition) is 4. The zero-order valence-corrected chi connectivity index (χ0v) is 13.5. The van der Waals surface area contributed by atoms with Crippen LogP contribution in [-0.2, 0) is 0 Å². The highest BCUT2D eigenvalue weighted by atomic mass is 127. The van der Waals surface area contributed by atoms with Gasteiger partial charge in [-0.3, -0.25) is 0 Å². The number of nitrogens with zero attached hydrogens (tertiary/aromatic N) is 3. The van der Waals surface area contributed by atoms with E-state index in [1.807, 2.05) is 21.2 Å². The van der Waals surface area contributed by atoms with Crippen LogP contribution in [0.5, 0.6) is 5.88 Å². The Kier molecular flexibility index (Phi) is 5.57. The second-order valence-corrected chi connectivity index (χ2v) is 5.46. The first-order valence-electron chi connectivity index (χ1n) is 5.57. The maximum Gasteiger partial charge on any atom is 0.388 e. The monoisotopic (exact) mass is 435 g/mol. The molecule has 2 rings (SSSR count). The molecule has 0 aliphatic rings. The van der Waals surface area contributed by atoms with E-state index in [0.717, 1.165) is 25.7 Å². The van der Waals surface area contributed by atoms with Gasteiger partial charge in [-0.25, -0.2) is 9.07 Å². The van der Waals surface area contributed by atoms with E-state index < -0.39 is 12.4 Å². The molecule has 9 heteroatoms. The summed E-state index contributed by atoms with van der Waals surface area (Å²) in [6, 6.07) is 5.34. The van der Waals surface area contributed by atoms with E-state index in [-0.39, 0.29) is 22.7 Å². The van der Waals surface area contributed by atoms with Crippen molar-refractivity contribution < 1.29 is 17.9 Å². The molecule has 4 nitrogen and oxygen atoms in total. The summed E-state index contributed by atoms with van der Waals surface area (Å²) in [5.41, 5.74) is 0.412. The van der Waals surface area contributed by atoms with Crippen LogP contribution in [0, 0.1) is 28.3 Å². The van der Waals surface area contributed by atoms with Crippen LogP contribution in [0.25, 0.3) is 5.69 Å². The molecule has 0 atom stereocenters. The predicted molar refractivity (Wildman–Crippen MR) is 83.4 cm³/mol. The van der Waals surface area contributed by atoms with Crippen molar-refractivity contribution >= 4 is 30.1 Å². The molecular weight excluding hydrogens is 430 g/mol. The SMILES string of the molecule is N#Cc1cc(F)cc(-n2cc(C#CSI)c(OC(F)F)n2)c1. The van der Waals surface area contributed by atoms with Gasteiger partial charge < -0.3 is 4.74 Å². The number of alkyl halides is 2. The lowest BCUT2D eigenvalue weighted by Crippen LogP contribution is -2.04. The lowest BCUT2D eigenvalue weighted by molar-refractivity contribution is -0.0532. The summed E-state index contributed by atoms with van der Waals surface area (Å²) in [7, 11) is 1.16. The molecule has 0 unspecified atom stereocenters. The third kappa shape index (κ3) is 4.08. The highest BCUT2D eigenvalue weighted by molar-refractivity contribution is 14.2. The number of hydrogen-bond donors (Lipinski definition) is 0. The molecule has 0 saturated heterocycles. The summed E-state index contributed by atoms with van der Waals surface area (Å²) < 4.78 is 43.6. The third-order valence-corrected chi connectivity index (χ3v) is 3.22. The van der Waals surface area contributed by atoms with E-state index in [2.05, 4.69) is 21.0 Å². The molecule has 1 aromatic carbocycles. The lowest BCUT2D eigenvalue weighted by atomic mass is 10.2. The van der Waals surface area contributed by atoms with Crippen molar-refractivity contribution in [3.63, 3.8) is 0 Å². The lowest BCUT2D eigenvalue weighted by Gasteiger charge is -2.02. The molecule has 0 bridgehead atoms. The Morgan fingerprint density at radius 3 is 2.77 bits per heavy atom. The van der Waals surface area contributed by atoms with E-state index in [0.29, 0.717) is 0 Å². The van der Waals surface area contributed by atoms with Gasteiger partial charge in [0.2, 0.25) is 0 Å². The van der Waals surface area contributed by atoms with Gasteiger partial charge in [-0.15, -0.1) is 5.10 Å². The van der Waals surface area contributed by atoms with E-state index in [1.165, 1.54) is 12.3 Å². The Labute approximate surface area is 139 Å². The fourth-order valence-electron chi connectivity index (χ4n) is 1.59. The van der Waals surface area contributed by atoms with Gasteiger partial charge in [0.05, 0.1) is 23.5 Å². The Hall–Kier alpha value is -1.85. The summed E-state index contributed by atoms with van der Waals surface area (Å²) in [6.45, 7) is -3.06. The minimum atomic E-state index is -3.06. The van der Waals surface area contributed by atoms with Gasteiger partial charge >= 0.3 is 6.61 Å². The molecule has 1 aromatic heterocycles. The minimum absolute atomic E-state index is 0.0808. The predicted octanol–water partition coefficient (Wildman–Crippen LogP) is 3.88. The van der Waals surface area contributed by atoms with Crippen LogP contribution in [0.15, 0.2) is 24.4 Å². The number of rotatable bonds is 3. The Bertz CT molecular complexity index is 792. The maximum atomic E-state index is 13.4. The fraction of sp³-hybridized carbons (Fsp3) is 0.0769. The van der Waals surface area contributed by atoms with Crippen molar-refractivity contribution in [1.29, 1.82) is 5.26 Å². The number of ether oxygens (including phenoxy) is 1. The second-order valence-electron chi connectivity index (χ2n) is 3.79. The van der Waals surface area contributed by atoms with Crippen LogP contribution in [-0.4, -0.2) is 16.4 Å². The number of nitriles is 1. The van der Waals surface area contributed by atoms with Crippen molar-refractivity contribution in [2.24, 2.45) is 0 Å². The van der Waals surface area contributed by atoms with Gasteiger partial charge in [0.15, 0.2) is 0 Å². The Balaban J connectivity index is 2.50. The fourth-order valence-corrected chi connectivity index (χ4v) is 2.07. The van der Waals surface area contributed by atoms with Crippen molar-refractivity contribution in [3.05, 3.63) is 41.3 Å². The van der Waals surface area contributed by atoms with Crippen LogP contribution in [0.4, 0.5) is 13.2 Å². The largest absolute Gasteiger partial charge is 0.414 e. The van der Waals surface area contributed by atoms with E-state index in [1.54, 1.807) is 6.07 Å². The van der Waals surface area contributed by atoms with Gasteiger partial charge in [-0.2, -0.15) is 14.0 Å². The van der Waals surface area contributed by atoms with Crippen LogP contribution >= 0.6 is 30.1 Å². The normalized spacial score (nSPS) is 10.0. The summed E-state index contributed by atoms with van der Waals surface area (Å²) in [5.74, 6) is 1.60. The molecular formula is C13H5F3IN3OS. The van der Waals surface area contributed by atoms with Gasteiger partial charge in [0.1, 0.15) is 11.4 Å². The van der Waals surface area contributed by atoms with Crippen LogP contribution in [0.1, 0.15) is 11.1 Å². The minimum Gasteiger partial charge on any atom is -0.414 e. The first-order valence-corrected chi connectivity index (χ1v) is 8.93. The Morgan fingerprint density at radius 1 is 1.36 bits per heavy atom. The van der Waals surface area contributed by atoms with Crippen molar-refractivity contribution in [2.75, 3.05) is 0 Å². The zero-order chi connectivity index (χ0) is 16.1. The molecule has 0 amide bonds. The van der Waals surface area contributed by atoms with Gasteiger partial charge in [-0.1, -0.05) is 0 Å². The molecule has 1 heterocycles. The number of benzene rings is 1. The molecule has 0 aliphatic carbocycles. The summed E-state index contributed by atoms with van der Waals surface area (Å²) in [6.07, 6.45) is 1.33. The molecule has 2 aromatic rings. The molecule has 0 fully saturated rings. The third-order valence-electron chi connectivity index (χ3n) is 2.38. The Morgan fingerprint density at radius 2 is 2.14 bits per heavy atom. The maximum absolute atomic E-state index is 13.4. The summed E-state index contributed by atoms with van der Waals surface area (Å²) >= 11 is 1.92. The second kappa shape index (κ2) is 7.42. The quantitative estimate of drug-likeness (QED) is 0.543. The summed E-state index contributed by atoms with van der Waals surface area (Å²) in [4.78, 5) is 0.